The van der Waals surface area contributed by atoms with Gasteiger partial charge in [-0.2, -0.15) is 4.98 Å². The van der Waals surface area contributed by atoms with Gasteiger partial charge < -0.3 is 20.9 Å². The molecule has 36 heavy (non-hydrogen) atoms. The van der Waals surface area contributed by atoms with Crippen LogP contribution >= 0.6 is 0 Å². The Labute approximate surface area is 210 Å². The van der Waals surface area contributed by atoms with Crippen LogP contribution in [0.25, 0.3) is 6.08 Å². The molecule has 11 heteroatoms. The Morgan fingerprint density at radius 3 is 2.61 bits per heavy atom. The molecule has 0 radical (unpaired) electrons. The fourth-order valence-electron chi connectivity index (χ4n) is 4.32. The first-order chi connectivity index (χ1) is 17.3. The molecule has 1 fully saturated rings. The molecule has 2 aromatic carbocycles. The number of sulfonamides is 1. The molecule has 3 N–H and O–H groups in total. The van der Waals surface area contributed by atoms with E-state index in [1.54, 1.807) is 24.3 Å². The van der Waals surface area contributed by atoms with Crippen LogP contribution in [0.15, 0.2) is 48.5 Å². The third-order valence-corrected chi connectivity index (χ3v) is 7.47. The predicted octanol–water partition coefficient (Wildman–Crippen LogP) is 3.48. The molecule has 0 bridgehead atoms. The van der Waals surface area contributed by atoms with Gasteiger partial charge in [0.25, 0.3) is 0 Å². The summed E-state index contributed by atoms with van der Waals surface area (Å²) in [5.74, 6) is 0.549. The van der Waals surface area contributed by atoms with Crippen molar-refractivity contribution in [2.24, 2.45) is 0 Å². The third kappa shape index (κ3) is 4.98. The van der Waals surface area contributed by atoms with Crippen molar-refractivity contribution in [2.75, 3.05) is 59.3 Å². The molecule has 9 nitrogen and oxygen atoms in total. The van der Waals surface area contributed by atoms with Crippen LogP contribution < -0.4 is 25.2 Å². The lowest BCUT2D eigenvalue weighted by Gasteiger charge is -2.29. The first-order valence-corrected chi connectivity index (χ1v) is 13.5. The van der Waals surface area contributed by atoms with E-state index < -0.39 is 10.0 Å². The molecule has 2 heterocycles. The summed E-state index contributed by atoms with van der Waals surface area (Å²) in [6.07, 6.45) is 5.73. The number of fused-ring (bicyclic) bond motifs is 1. The molecule has 1 aliphatic carbocycles. The molecule has 1 saturated heterocycles. The van der Waals surface area contributed by atoms with E-state index >= 15 is 0 Å². The summed E-state index contributed by atoms with van der Waals surface area (Å²) in [7, 11) is -1.95. The summed E-state index contributed by atoms with van der Waals surface area (Å²) in [6, 6.07) is 12.2. The summed E-state index contributed by atoms with van der Waals surface area (Å²) in [5.41, 5.74) is 3.86. The minimum Gasteiger partial charge on any atom is -0.367 e. The van der Waals surface area contributed by atoms with Gasteiger partial charge >= 0.3 is 0 Å². The Balaban J connectivity index is 1.43. The summed E-state index contributed by atoms with van der Waals surface area (Å²) >= 11 is 0. The monoisotopic (exact) mass is 509 g/mol. The molecule has 0 unspecified atom stereocenters. The van der Waals surface area contributed by atoms with Gasteiger partial charge in [-0.1, -0.05) is 24.3 Å². The largest absolute Gasteiger partial charge is 0.367 e. The maximum absolute atomic E-state index is 14.9. The highest BCUT2D eigenvalue weighted by molar-refractivity contribution is 7.92. The Bertz CT molecular complexity index is 1420. The van der Waals surface area contributed by atoms with Gasteiger partial charge in [-0.3, -0.25) is 4.31 Å². The van der Waals surface area contributed by atoms with Gasteiger partial charge in [0.15, 0.2) is 0 Å². The van der Waals surface area contributed by atoms with E-state index in [0.717, 1.165) is 43.7 Å². The topological polar surface area (TPSA) is 102 Å². The summed E-state index contributed by atoms with van der Waals surface area (Å²) < 4.78 is 40.4. The van der Waals surface area contributed by atoms with Gasteiger partial charge in [0.1, 0.15) is 11.6 Å². The van der Waals surface area contributed by atoms with Crippen molar-refractivity contribution >= 4 is 50.6 Å². The Morgan fingerprint density at radius 2 is 1.86 bits per heavy atom. The SMILES string of the molecule is CN(c1ccccc1Nc1nc(Nc2ccc(N3CCNCC3)c(F)c2)nc2c1C=CC2)S(C)(=O)=O. The van der Waals surface area contributed by atoms with Crippen LogP contribution in [0, 0.1) is 5.82 Å². The normalized spacial score (nSPS) is 15.0. The highest BCUT2D eigenvalue weighted by Crippen LogP contribution is 2.34. The van der Waals surface area contributed by atoms with Crippen LogP contribution in [-0.2, 0) is 16.4 Å². The molecule has 3 aromatic rings. The van der Waals surface area contributed by atoms with E-state index in [-0.39, 0.29) is 5.82 Å². The molecular weight excluding hydrogens is 481 g/mol. The number of allylic oxidation sites excluding steroid dienone is 1. The van der Waals surface area contributed by atoms with Crippen molar-refractivity contribution in [2.45, 2.75) is 6.42 Å². The summed E-state index contributed by atoms with van der Waals surface area (Å²) in [4.78, 5) is 11.3. The fraction of sp³-hybridized carbons (Fsp3) is 0.280. The lowest BCUT2D eigenvalue weighted by molar-refractivity contribution is 0.566. The van der Waals surface area contributed by atoms with Crippen molar-refractivity contribution < 1.29 is 12.8 Å². The van der Waals surface area contributed by atoms with E-state index in [9.17, 15) is 12.8 Å². The molecule has 0 atom stereocenters. The van der Waals surface area contributed by atoms with Crippen molar-refractivity contribution in [1.82, 2.24) is 15.3 Å². The van der Waals surface area contributed by atoms with E-state index in [2.05, 4.69) is 25.9 Å². The highest BCUT2D eigenvalue weighted by atomic mass is 32.2. The number of hydrogen-bond acceptors (Lipinski definition) is 8. The Kier molecular flexibility index (Phi) is 6.50. The number of anilines is 6. The average molecular weight is 510 g/mol. The molecule has 1 aliphatic heterocycles. The number of halogens is 1. The summed E-state index contributed by atoms with van der Waals surface area (Å²) in [5, 5.41) is 9.68. The smallest absolute Gasteiger partial charge is 0.232 e. The minimum absolute atomic E-state index is 0.305. The number of nitrogens with one attached hydrogen (secondary N) is 3. The minimum atomic E-state index is -3.46. The number of nitrogens with zero attached hydrogens (tertiary/aromatic N) is 4. The van der Waals surface area contributed by atoms with E-state index in [1.165, 1.54) is 17.4 Å². The number of hydrogen-bond donors (Lipinski definition) is 3. The van der Waals surface area contributed by atoms with Gasteiger partial charge in [0.05, 0.1) is 29.0 Å². The van der Waals surface area contributed by atoms with E-state index in [1.807, 2.05) is 29.2 Å². The highest BCUT2D eigenvalue weighted by Gasteiger charge is 2.20. The van der Waals surface area contributed by atoms with Crippen molar-refractivity contribution in [3.8, 4) is 0 Å². The average Bonchev–Trinajstić information content (AvgIpc) is 3.33. The number of para-hydroxylation sites is 2. The van der Waals surface area contributed by atoms with Crippen molar-refractivity contribution in [1.29, 1.82) is 0 Å². The Hall–Kier alpha value is -3.70. The number of aromatic nitrogens is 2. The maximum atomic E-state index is 14.9. The van der Waals surface area contributed by atoms with Crippen LogP contribution in [0.1, 0.15) is 11.3 Å². The van der Waals surface area contributed by atoms with Gasteiger partial charge in [0, 0.05) is 50.9 Å². The predicted molar refractivity (Wildman–Crippen MR) is 143 cm³/mol. The second-order valence-corrected chi connectivity index (χ2v) is 10.8. The van der Waals surface area contributed by atoms with Gasteiger partial charge in [-0.25, -0.2) is 17.8 Å². The molecule has 0 amide bonds. The fourth-order valence-corrected chi connectivity index (χ4v) is 4.84. The van der Waals surface area contributed by atoms with Crippen LogP contribution in [-0.4, -0.2) is 57.9 Å². The van der Waals surface area contributed by atoms with E-state index in [4.69, 9.17) is 0 Å². The molecule has 188 valence electrons. The second-order valence-electron chi connectivity index (χ2n) is 8.76. The molecule has 0 saturated carbocycles. The first kappa shape index (κ1) is 24.0. The molecule has 0 spiro atoms. The van der Waals surface area contributed by atoms with Crippen molar-refractivity contribution in [3.05, 3.63) is 65.6 Å². The van der Waals surface area contributed by atoms with Crippen molar-refractivity contribution in [3.63, 3.8) is 0 Å². The summed E-state index contributed by atoms with van der Waals surface area (Å²) in [6.45, 7) is 3.18. The molecular formula is C25H28FN7O2S. The standard InChI is InChI=1S/C25H28FN7O2S/c1-32(36(2,34)35)23-9-4-3-7-21(23)29-24-18-6-5-8-20(18)30-25(31-24)28-17-10-11-22(19(26)16-17)33-14-12-27-13-15-33/h3-7,9-11,16,27H,8,12-15H2,1-2H3,(H2,28,29,30,31). The first-order valence-electron chi connectivity index (χ1n) is 11.7. The molecule has 5 rings (SSSR count). The van der Waals surface area contributed by atoms with Gasteiger partial charge in [-0.15, -0.1) is 0 Å². The van der Waals surface area contributed by atoms with Crippen LogP contribution in [0.4, 0.5) is 38.9 Å². The third-order valence-electron chi connectivity index (χ3n) is 6.28. The number of piperazine rings is 1. The number of rotatable bonds is 7. The zero-order valence-corrected chi connectivity index (χ0v) is 20.9. The lowest BCUT2D eigenvalue weighted by atomic mass is 10.2. The molecule has 2 aliphatic rings. The van der Waals surface area contributed by atoms with Crippen LogP contribution in [0.5, 0.6) is 0 Å². The lowest BCUT2D eigenvalue weighted by Crippen LogP contribution is -2.43. The second kappa shape index (κ2) is 9.75. The maximum Gasteiger partial charge on any atom is 0.232 e. The van der Waals surface area contributed by atoms with Crippen LogP contribution in [0.2, 0.25) is 0 Å². The molecule has 1 aromatic heterocycles. The zero-order chi connectivity index (χ0) is 25.3. The van der Waals surface area contributed by atoms with Gasteiger partial charge in [-0.05, 0) is 30.3 Å². The quantitative estimate of drug-likeness (QED) is 0.445. The zero-order valence-electron chi connectivity index (χ0n) is 20.1. The Morgan fingerprint density at radius 1 is 1.08 bits per heavy atom. The van der Waals surface area contributed by atoms with Gasteiger partial charge in [0.2, 0.25) is 16.0 Å². The van der Waals surface area contributed by atoms with Crippen LogP contribution in [0.3, 0.4) is 0 Å². The number of benzene rings is 2. The van der Waals surface area contributed by atoms with E-state index in [0.29, 0.717) is 40.9 Å².